The molecule has 2 aliphatic rings. The molecule has 1 aliphatic heterocycles. The topological polar surface area (TPSA) is 62.5 Å². The van der Waals surface area contributed by atoms with Gasteiger partial charge in [0.25, 0.3) is 0 Å². The van der Waals surface area contributed by atoms with Crippen LogP contribution in [0.1, 0.15) is 51.9 Å². The first-order chi connectivity index (χ1) is 13.8. The Labute approximate surface area is 166 Å². The van der Waals surface area contributed by atoms with Crippen LogP contribution < -0.4 is 4.90 Å². The molecular formula is C22H30N4O2. The van der Waals surface area contributed by atoms with E-state index in [2.05, 4.69) is 26.9 Å². The zero-order valence-electron chi connectivity index (χ0n) is 16.7. The van der Waals surface area contributed by atoms with Gasteiger partial charge in [-0.15, -0.1) is 10.2 Å². The predicted octanol–water partition coefficient (Wildman–Crippen LogP) is 4.13. The van der Waals surface area contributed by atoms with Crippen LogP contribution in [-0.4, -0.2) is 46.7 Å². The van der Waals surface area contributed by atoms with Crippen LogP contribution >= 0.6 is 0 Å². The highest BCUT2D eigenvalue weighted by molar-refractivity contribution is 5.79. The number of aromatic nitrogens is 2. The third-order valence-corrected chi connectivity index (χ3v) is 6.23. The quantitative estimate of drug-likeness (QED) is 0.778. The molecule has 0 unspecified atom stereocenters. The van der Waals surface area contributed by atoms with Crippen molar-refractivity contribution in [2.75, 3.05) is 24.5 Å². The summed E-state index contributed by atoms with van der Waals surface area (Å²) in [5, 5.41) is 8.67. The Bertz CT molecular complexity index is 745. The number of nitrogens with zero attached hydrogens (tertiary/aromatic N) is 4. The first-order valence-electron chi connectivity index (χ1n) is 10.7. The molecule has 6 nitrogen and oxygen atoms in total. The molecule has 0 N–H and O–H groups in total. The van der Waals surface area contributed by atoms with Crippen molar-refractivity contribution in [3.63, 3.8) is 0 Å². The van der Waals surface area contributed by atoms with Gasteiger partial charge in [-0.2, -0.15) is 0 Å². The van der Waals surface area contributed by atoms with Crippen LogP contribution in [0, 0.1) is 5.92 Å². The van der Waals surface area contributed by atoms with Gasteiger partial charge < -0.3 is 14.2 Å². The molecule has 1 saturated heterocycles. The Kier molecular flexibility index (Phi) is 5.93. The highest BCUT2D eigenvalue weighted by atomic mass is 16.3. The number of carbonyl (C=O) groups is 1. The molecule has 2 aromatic heterocycles. The monoisotopic (exact) mass is 382 g/mol. The molecule has 0 atom stereocenters. The van der Waals surface area contributed by atoms with Gasteiger partial charge in [0.15, 0.2) is 11.6 Å². The van der Waals surface area contributed by atoms with Crippen molar-refractivity contribution < 1.29 is 9.21 Å². The lowest BCUT2D eigenvalue weighted by molar-refractivity contribution is -0.139. The van der Waals surface area contributed by atoms with E-state index in [1.54, 1.807) is 6.26 Å². The summed E-state index contributed by atoms with van der Waals surface area (Å²) in [6.45, 7) is 4.67. The van der Waals surface area contributed by atoms with E-state index < -0.39 is 0 Å². The van der Waals surface area contributed by atoms with E-state index in [-0.39, 0.29) is 5.92 Å². The van der Waals surface area contributed by atoms with Crippen LogP contribution in [0.5, 0.6) is 0 Å². The molecule has 1 saturated carbocycles. The highest BCUT2D eigenvalue weighted by Crippen LogP contribution is 2.28. The maximum Gasteiger partial charge on any atom is 0.226 e. The average molecular weight is 383 g/mol. The molecule has 2 aromatic rings. The van der Waals surface area contributed by atoms with E-state index in [9.17, 15) is 4.79 Å². The number of furan rings is 1. The SMILES string of the molecule is CCN(C(=O)C1CCN(c2ccc(-c3ccco3)nn2)CC1)C1CCCCC1. The molecule has 0 radical (unpaired) electrons. The van der Waals surface area contributed by atoms with E-state index in [1.807, 2.05) is 24.3 Å². The zero-order valence-corrected chi connectivity index (χ0v) is 16.7. The second-order valence-corrected chi connectivity index (χ2v) is 7.93. The maximum absolute atomic E-state index is 13.1. The van der Waals surface area contributed by atoms with E-state index in [0.717, 1.165) is 49.7 Å². The average Bonchev–Trinajstić information content (AvgIpc) is 3.30. The van der Waals surface area contributed by atoms with Crippen LogP contribution in [0.2, 0.25) is 0 Å². The number of amides is 1. The third-order valence-electron chi connectivity index (χ3n) is 6.23. The summed E-state index contributed by atoms with van der Waals surface area (Å²) in [5.74, 6) is 2.12. The minimum absolute atomic E-state index is 0.147. The lowest BCUT2D eigenvalue weighted by Crippen LogP contribution is -2.47. The van der Waals surface area contributed by atoms with Crippen molar-refractivity contribution >= 4 is 11.7 Å². The lowest BCUT2D eigenvalue weighted by atomic mass is 9.90. The van der Waals surface area contributed by atoms with E-state index in [4.69, 9.17) is 4.42 Å². The van der Waals surface area contributed by atoms with Crippen molar-refractivity contribution in [2.45, 2.75) is 57.9 Å². The number of hydrogen-bond donors (Lipinski definition) is 0. The second kappa shape index (κ2) is 8.76. The molecule has 6 heteroatoms. The second-order valence-electron chi connectivity index (χ2n) is 7.93. The largest absolute Gasteiger partial charge is 0.463 e. The van der Waals surface area contributed by atoms with Gasteiger partial charge >= 0.3 is 0 Å². The molecule has 3 heterocycles. The first-order valence-corrected chi connectivity index (χ1v) is 10.7. The van der Waals surface area contributed by atoms with Gasteiger partial charge in [-0.05, 0) is 56.9 Å². The number of carbonyl (C=O) groups excluding carboxylic acids is 1. The van der Waals surface area contributed by atoms with Gasteiger partial charge in [-0.3, -0.25) is 4.79 Å². The molecule has 2 fully saturated rings. The molecule has 1 amide bonds. The van der Waals surface area contributed by atoms with Gasteiger partial charge in [0, 0.05) is 31.6 Å². The molecule has 0 aromatic carbocycles. The molecule has 1 aliphatic carbocycles. The smallest absolute Gasteiger partial charge is 0.226 e. The fourth-order valence-electron chi connectivity index (χ4n) is 4.63. The molecular weight excluding hydrogens is 352 g/mol. The van der Waals surface area contributed by atoms with Crippen molar-refractivity contribution in [1.82, 2.24) is 15.1 Å². The molecule has 4 rings (SSSR count). The van der Waals surface area contributed by atoms with Gasteiger partial charge in [-0.1, -0.05) is 19.3 Å². The maximum atomic E-state index is 13.1. The van der Waals surface area contributed by atoms with Crippen LogP contribution in [0.25, 0.3) is 11.5 Å². The van der Waals surface area contributed by atoms with Gasteiger partial charge in [0.1, 0.15) is 5.69 Å². The Morgan fingerprint density at radius 3 is 2.50 bits per heavy atom. The lowest BCUT2D eigenvalue weighted by Gasteiger charge is -2.38. The third kappa shape index (κ3) is 4.05. The minimum atomic E-state index is 0.147. The summed E-state index contributed by atoms with van der Waals surface area (Å²) >= 11 is 0. The summed E-state index contributed by atoms with van der Waals surface area (Å²) < 4.78 is 5.37. The van der Waals surface area contributed by atoms with Gasteiger partial charge in [0.05, 0.1) is 6.26 Å². The predicted molar refractivity (Wildman–Crippen MR) is 109 cm³/mol. The Balaban J connectivity index is 1.34. The van der Waals surface area contributed by atoms with Crippen molar-refractivity contribution in [3.8, 4) is 11.5 Å². The normalized spacial score (nSPS) is 19.0. The van der Waals surface area contributed by atoms with Gasteiger partial charge in [0.2, 0.25) is 5.91 Å². The van der Waals surface area contributed by atoms with Crippen LogP contribution in [0.4, 0.5) is 5.82 Å². The summed E-state index contributed by atoms with van der Waals surface area (Å²) in [4.78, 5) is 17.5. The van der Waals surface area contributed by atoms with E-state index >= 15 is 0 Å². The van der Waals surface area contributed by atoms with Crippen LogP contribution in [-0.2, 0) is 4.79 Å². The van der Waals surface area contributed by atoms with Crippen molar-refractivity contribution in [3.05, 3.63) is 30.5 Å². The zero-order chi connectivity index (χ0) is 19.3. The fraction of sp³-hybridized carbons (Fsp3) is 0.591. The van der Waals surface area contributed by atoms with Crippen LogP contribution in [0.3, 0.4) is 0 Å². The summed E-state index contributed by atoms with van der Waals surface area (Å²) in [6.07, 6.45) is 9.62. The standard InChI is InChI=1S/C22H30N4O2/c1-2-26(18-7-4-3-5-8-18)22(27)17-12-14-25(15-13-17)21-11-10-19(23-24-21)20-9-6-16-28-20/h6,9-11,16-18H,2-5,7-8,12-15H2,1H3. The minimum Gasteiger partial charge on any atom is -0.463 e. The summed E-state index contributed by atoms with van der Waals surface area (Å²) in [5.41, 5.74) is 0.741. The molecule has 150 valence electrons. The Morgan fingerprint density at radius 1 is 1.11 bits per heavy atom. The number of hydrogen-bond acceptors (Lipinski definition) is 5. The van der Waals surface area contributed by atoms with Crippen LogP contribution in [0.15, 0.2) is 34.9 Å². The Morgan fingerprint density at radius 2 is 1.89 bits per heavy atom. The van der Waals surface area contributed by atoms with Crippen molar-refractivity contribution in [1.29, 1.82) is 0 Å². The fourth-order valence-corrected chi connectivity index (χ4v) is 4.63. The Hall–Kier alpha value is -2.37. The highest BCUT2D eigenvalue weighted by Gasteiger charge is 2.32. The molecule has 0 bridgehead atoms. The number of anilines is 1. The number of piperidine rings is 1. The molecule has 0 spiro atoms. The van der Waals surface area contributed by atoms with E-state index in [1.165, 1.54) is 32.1 Å². The summed E-state index contributed by atoms with van der Waals surface area (Å²) in [7, 11) is 0. The number of rotatable bonds is 5. The summed E-state index contributed by atoms with van der Waals surface area (Å²) in [6, 6.07) is 8.13. The van der Waals surface area contributed by atoms with E-state index in [0.29, 0.717) is 11.9 Å². The van der Waals surface area contributed by atoms with Crippen molar-refractivity contribution in [2.24, 2.45) is 5.92 Å². The first kappa shape index (κ1) is 19.0. The molecule has 28 heavy (non-hydrogen) atoms. The van der Waals surface area contributed by atoms with Gasteiger partial charge in [-0.25, -0.2) is 0 Å².